The Hall–Kier alpha value is -1.59. The fourth-order valence-electron chi connectivity index (χ4n) is 1.25. The molecule has 1 aromatic rings. The maximum absolute atomic E-state index is 11.4. The molecule has 1 unspecified atom stereocenters. The molecular formula is C12H17NO4. The van der Waals surface area contributed by atoms with Crippen molar-refractivity contribution >= 4 is 5.97 Å². The molecule has 94 valence electrons. The summed E-state index contributed by atoms with van der Waals surface area (Å²) in [7, 11) is 1.72. The molecule has 0 aliphatic carbocycles. The van der Waals surface area contributed by atoms with E-state index in [1.165, 1.54) is 0 Å². The number of likely N-dealkylation sites (N-methyl/N-ethyl adjacent to an activating group) is 1. The fraction of sp³-hybridized carbons (Fsp3) is 0.417. The Kier molecular flexibility index (Phi) is 6.06. The molecule has 0 heterocycles. The molecule has 0 aliphatic heterocycles. The number of ether oxygens (including phenoxy) is 2. The Bertz CT molecular complexity index is 329. The van der Waals surface area contributed by atoms with Gasteiger partial charge in [0.15, 0.2) is 6.61 Å². The molecule has 2 N–H and O–H groups in total. The fourth-order valence-corrected chi connectivity index (χ4v) is 1.25. The zero-order valence-corrected chi connectivity index (χ0v) is 9.76. The lowest BCUT2D eigenvalue weighted by Gasteiger charge is -2.15. The maximum Gasteiger partial charge on any atom is 0.344 e. The van der Waals surface area contributed by atoms with E-state index in [1.807, 2.05) is 18.2 Å². The number of para-hydroxylation sites is 1. The van der Waals surface area contributed by atoms with Gasteiger partial charge in [-0.1, -0.05) is 18.2 Å². The second-order valence-corrected chi connectivity index (χ2v) is 3.45. The van der Waals surface area contributed by atoms with Gasteiger partial charge in [-0.3, -0.25) is 0 Å². The average molecular weight is 239 g/mol. The van der Waals surface area contributed by atoms with Crippen LogP contribution < -0.4 is 10.1 Å². The number of hydrogen-bond acceptors (Lipinski definition) is 5. The largest absolute Gasteiger partial charge is 0.482 e. The van der Waals surface area contributed by atoms with Gasteiger partial charge in [0.1, 0.15) is 11.9 Å². The first kappa shape index (κ1) is 13.5. The van der Waals surface area contributed by atoms with Crippen LogP contribution in [-0.4, -0.2) is 44.0 Å². The van der Waals surface area contributed by atoms with Crippen molar-refractivity contribution in [3.63, 3.8) is 0 Å². The number of aliphatic hydroxyl groups excluding tert-OH is 1. The minimum Gasteiger partial charge on any atom is -0.482 e. The van der Waals surface area contributed by atoms with Crippen molar-refractivity contribution in [2.24, 2.45) is 0 Å². The lowest BCUT2D eigenvalue weighted by molar-refractivity contribution is -0.153. The van der Waals surface area contributed by atoms with E-state index in [0.717, 1.165) is 0 Å². The van der Waals surface area contributed by atoms with E-state index in [2.05, 4.69) is 5.32 Å². The van der Waals surface area contributed by atoms with E-state index in [9.17, 15) is 4.79 Å². The van der Waals surface area contributed by atoms with Crippen LogP contribution in [0.25, 0.3) is 0 Å². The second kappa shape index (κ2) is 7.65. The van der Waals surface area contributed by atoms with Gasteiger partial charge in [0.05, 0.1) is 6.61 Å². The highest BCUT2D eigenvalue weighted by atomic mass is 16.6. The van der Waals surface area contributed by atoms with Crippen LogP contribution in [0.1, 0.15) is 0 Å². The number of carbonyl (C=O) groups excluding carboxylic acids is 1. The monoisotopic (exact) mass is 239 g/mol. The lowest BCUT2D eigenvalue weighted by atomic mass is 10.3. The molecule has 17 heavy (non-hydrogen) atoms. The summed E-state index contributed by atoms with van der Waals surface area (Å²) in [5, 5.41) is 11.8. The first-order valence-corrected chi connectivity index (χ1v) is 5.39. The van der Waals surface area contributed by atoms with Gasteiger partial charge in [0.25, 0.3) is 0 Å². The summed E-state index contributed by atoms with van der Waals surface area (Å²) in [5.41, 5.74) is 0. The van der Waals surface area contributed by atoms with Crippen LogP contribution in [0.15, 0.2) is 30.3 Å². The standard InChI is InChI=1S/C12H17NO4/c1-13-7-11(8-14)17-12(15)9-16-10-5-3-2-4-6-10/h2-6,11,13-14H,7-9H2,1H3. The molecule has 0 aliphatic rings. The molecule has 1 atom stereocenters. The topological polar surface area (TPSA) is 67.8 Å². The number of hydrogen-bond donors (Lipinski definition) is 2. The minimum absolute atomic E-state index is 0.162. The first-order chi connectivity index (χ1) is 8.26. The second-order valence-electron chi connectivity index (χ2n) is 3.45. The number of carbonyl (C=O) groups is 1. The van der Waals surface area contributed by atoms with Gasteiger partial charge in [-0.05, 0) is 19.2 Å². The smallest absolute Gasteiger partial charge is 0.344 e. The molecule has 5 nitrogen and oxygen atoms in total. The van der Waals surface area contributed by atoms with Gasteiger partial charge in [0, 0.05) is 6.54 Å². The zero-order chi connectivity index (χ0) is 12.5. The van der Waals surface area contributed by atoms with Gasteiger partial charge in [-0.2, -0.15) is 0 Å². The normalized spacial score (nSPS) is 11.9. The van der Waals surface area contributed by atoms with Crippen LogP contribution in [0.3, 0.4) is 0 Å². The van der Waals surface area contributed by atoms with Gasteiger partial charge >= 0.3 is 5.97 Å². The van der Waals surface area contributed by atoms with Crippen molar-refractivity contribution in [1.82, 2.24) is 5.32 Å². The van der Waals surface area contributed by atoms with E-state index in [4.69, 9.17) is 14.6 Å². The summed E-state index contributed by atoms with van der Waals surface area (Å²) in [6, 6.07) is 9.01. The summed E-state index contributed by atoms with van der Waals surface area (Å²) in [4.78, 5) is 11.4. The van der Waals surface area contributed by atoms with Gasteiger partial charge < -0.3 is 19.9 Å². The minimum atomic E-state index is -0.535. The Morgan fingerprint density at radius 1 is 1.41 bits per heavy atom. The molecule has 0 saturated carbocycles. The highest BCUT2D eigenvalue weighted by molar-refractivity contribution is 5.71. The van der Waals surface area contributed by atoms with Crippen molar-refractivity contribution in [3.8, 4) is 5.75 Å². The van der Waals surface area contributed by atoms with Crippen molar-refractivity contribution in [3.05, 3.63) is 30.3 Å². The number of esters is 1. The number of nitrogens with one attached hydrogen (secondary N) is 1. The molecule has 0 bridgehead atoms. The van der Waals surface area contributed by atoms with E-state index in [1.54, 1.807) is 19.2 Å². The third-order valence-electron chi connectivity index (χ3n) is 2.03. The third kappa shape index (κ3) is 5.33. The number of benzene rings is 1. The molecule has 0 radical (unpaired) electrons. The van der Waals surface area contributed by atoms with Gasteiger partial charge in [-0.25, -0.2) is 4.79 Å². The zero-order valence-electron chi connectivity index (χ0n) is 9.76. The summed E-state index contributed by atoms with van der Waals surface area (Å²) in [6.07, 6.45) is -0.535. The van der Waals surface area contributed by atoms with Crippen LogP contribution in [0, 0.1) is 0 Å². The molecule has 0 spiro atoms. The van der Waals surface area contributed by atoms with Crippen LogP contribution in [-0.2, 0) is 9.53 Å². The Balaban J connectivity index is 2.30. The van der Waals surface area contributed by atoms with Crippen molar-refractivity contribution in [1.29, 1.82) is 0 Å². The maximum atomic E-state index is 11.4. The van der Waals surface area contributed by atoms with E-state index < -0.39 is 12.1 Å². The van der Waals surface area contributed by atoms with Crippen molar-refractivity contribution < 1.29 is 19.4 Å². The van der Waals surface area contributed by atoms with E-state index in [0.29, 0.717) is 12.3 Å². The molecule has 1 rings (SSSR count). The Morgan fingerprint density at radius 2 is 2.12 bits per heavy atom. The molecule has 5 heteroatoms. The summed E-state index contributed by atoms with van der Waals surface area (Å²) in [6.45, 7) is 0.0374. The van der Waals surface area contributed by atoms with Crippen LogP contribution in [0.4, 0.5) is 0 Å². The van der Waals surface area contributed by atoms with Crippen LogP contribution in [0.5, 0.6) is 5.75 Å². The van der Waals surface area contributed by atoms with Crippen LogP contribution >= 0.6 is 0 Å². The van der Waals surface area contributed by atoms with Gasteiger partial charge in [0.2, 0.25) is 0 Å². The molecular weight excluding hydrogens is 222 g/mol. The Labute approximate surface area is 100 Å². The molecule has 0 saturated heterocycles. The van der Waals surface area contributed by atoms with Crippen molar-refractivity contribution in [2.75, 3.05) is 26.8 Å². The quantitative estimate of drug-likeness (QED) is 0.665. The highest BCUT2D eigenvalue weighted by Gasteiger charge is 2.12. The Morgan fingerprint density at radius 3 is 2.71 bits per heavy atom. The molecule has 0 amide bonds. The predicted molar refractivity (Wildman–Crippen MR) is 62.8 cm³/mol. The van der Waals surface area contributed by atoms with E-state index >= 15 is 0 Å². The molecule has 1 aromatic carbocycles. The summed E-state index contributed by atoms with van der Waals surface area (Å²) < 4.78 is 10.2. The number of aliphatic hydroxyl groups is 1. The molecule has 0 aromatic heterocycles. The lowest BCUT2D eigenvalue weighted by Crippen LogP contribution is -2.33. The van der Waals surface area contributed by atoms with Crippen molar-refractivity contribution in [2.45, 2.75) is 6.10 Å². The summed E-state index contributed by atoms with van der Waals surface area (Å²) in [5.74, 6) is 0.113. The summed E-state index contributed by atoms with van der Waals surface area (Å²) >= 11 is 0. The first-order valence-electron chi connectivity index (χ1n) is 5.39. The van der Waals surface area contributed by atoms with Gasteiger partial charge in [-0.15, -0.1) is 0 Å². The number of rotatable bonds is 7. The third-order valence-corrected chi connectivity index (χ3v) is 2.03. The molecule has 0 fully saturated rings. The highest BCUT2D eigenvalue weighted by Crippen LogP contribution is 2.08. The SMILES string of the molecule is CNCC(CO)OC(=O)COc1ccccc1. The van der Waals surface area contributed by atoms with E-state index in [-0.39, 0.29) is 13.2 Å². The van der Waals surface area contributed by atoms with Crippen LogP contribution in [0.2, 0.25) is 0 Å². The predicted octanol–water partition coefficient (Wildman–Crippen LogP) is 0.189. The average Bonchev–Trinajstić information content (AvgIpc) is 2.37.